The molecule has 0 bridgehead atoms. The van der Waals surface area contributed by atoms with E-state index in [-0.39, 0.29) is 24.3 Å². The maximum atomic E-state index is 12.6. The summed E-state index contributed by atoms with van der Waals surface area (Å²) in [6, 6.07) is -0.933. The summed E-state index contributed by atoms with van der Waals surface area (Å²) in [7, 11) is 0. The van der Waals surface area contributed by atoms with Crippen LogP contribution >= 0.6 is 0 Å². The fourth-order valence-electron chi connectivity index (χ4n) is 2.67. The zero-order valence-electron chi connectivity index (χ0n) is 13.3. The molecule has 2 atom stereocenters. The number of nitrogens with one attached hydrogen (secondary N) is 1. The van der Waals surface area contributed by atoms with E-state index in [1.807, 2.05) is 34.6 Å². The van der Waals surface area contributed by atoms with E-state index < -0.39 is 12.1 Å². The third kappa shape index (κ3) is 2.94. The van der Waals surface area contributed by atoms with Crippen molar-refractivity contribution < 1.29 is 14.0 Å². The second-order valence-electron chi connectivity index (χ2n) is 5.87. The normalized spacial score (nSPS) is 22.9. The first kappa shape index (κ1) is 15.5. The van der Waals surface area contributed by atoms with Gasteiger partial charge in [-0.15, -0.1) is 0 Å². The van der Waals surface area contributed by atoms with Crippen LogP contribution in [0, 0.1) is 19.8 Å². The summed E-state index contributed by atoms with van der Waals surface area (Å²) in [6.45, 7) is 9.69. The zero-order chi connectivity index (χ0) is 15.7. The first-order valence-corrected chi connectivity index (χ1v) is 7.38. The van der Waals surface area contributed by atoms with Crippen LogP contribution in [0.3, 0.4) is 0 Å². The number of aryl methyl sites for hydroxylation is 2. The molecule has 1 aromatic rings. The lowest BCUT2D eigenvalue weighted by atomic mass is 9.96. The second kappa shape index (κ2) is 5.87. The smallest absolute Gasteiger partial charge is 0.246 e. The van der Waals surface area contributed by atoms with E-state index in [9.17, 15) is 9.59 Å². The van der Waals surface area contributed by atoms with Gasteiger partial charge in [-0.1, -0.05) is 20.8 Å². The molecule has 1 aliphatic heterocycles. The first-order chi connectivity index (χ1) is 9.85. The number of nitrogens with zero attached hydrogens (tertiary/aromatic N) is 2. The van der Waals surface area contributed by atoms with Gasteiger partial charge in [0.2, 0.25) is 17.7 Å². The van der Waals surface area contributed by atoms with Crippen LogP contribution in [0.1, 0.15) is 44.5 Å². The van der Waals surface area contributed by atoms with Crippen LogP contribution in [0.4, 0.5) is 0 Å². The van der Waals surface area contributed by atoms with E-state index in [4.69, 9.17) is 4.42 Å². The summed E-state index contributed by atoms with van der Waals surface area (Å²) in [5, 5.41) is 2.80. The summed E-state index contributed by atoms with van der Waals surface area (Å²) in [6.07, 6.45) is 0.579. The van der Waals surface area contributed by atoms with Gasteiger partial charge in [-0.25, -0.2) is 4.98 Å². The molecule has 2 amide bonds. The third-order valence-corrected chi connectivity index (χ3v) is 3.92. The Morgan fingerprint density at radius 2 is 2.00 bits per heavy atom. The van der Waals surface area contributed by atoms with Gasteiger partial charge < -0.3 is 14.6 Å². The number of oxazole rings is 1. The Kier molecular flexibility index (Phi) is 4.34. The monoisotopic (exact) mass is 293 g/mol. The van der Waals surface area contributed by atoms with Gasteiger partial charge in [0.25, 0.3) is 0 Å². The average molecular weight is 293 g/mol. The number of amides is 2. The highest BCUT2D eigenvalue weighted by atomic mass is 16.4. The molecule has 1 aromatic heterocycles. The minimum atomic E-state index is -0.479. The number of aromatic nitrogens is 1. The summed E-state index contributed by atoms with van der Waals surface area (Å²) in [4.78, 5) is 30.7. The van der Waals surface area contributed by atoms with Gasteiger partial charge >= 0.3 is 0 Å². The van der Waals surface area contributed by atoms with Crippen molar-refractivity contribution in [3.8, 4) is 0 Å². The summed E-state index contributed by atoms with van der Waals surface area (Å²) >= 11 is 0. The molecule has 1 aliphatic rings. The van der Waals surface area contributed by atoms with E-state index in [1.54, 1.807) is 4.90 Å². The van der Waals surface area contributed by atoms with Gasteiger partial charge in [0.1, 0.15) is 17.8 Å². The SMILES string of the molecule is CCC1NC(=O)C(C(C)C)N(Cc2nc(C)c(C)o2)C1=O. The Morgan fingerprint density at radius 3 is 2.48 bits per heavy atom. The lowest BCUT2D eigenvalue weighted by molar-refractivity contribution is -0.152. The zero-order valence-corrected chi connectivity index (χ0v) is 13.3. The van der Waals surface area contributed by atoms with Crippen molar-refractivity contribution in [3.63, 3.8) is 0 Å². The molecule has 0 aromatic carbocycles. The molecule has 6 nitrogen and oxygen atoms in total. The van der Waals surface area contributed by atoms with Crippen molar-refractivity contribution in [2.24, 2.45) is 5.92 Å². The number of hydrogen-bond donors (Lipinski definition) is 1. The molecule has 21 heavy (non-hydrogen) atoms. The quantitative estimate of drug-likeness (QED) is 0.914. The van der Waals surface area contributed by atoms with Gasteiger partial charge in [-0.05, 0) is 26.2 Å². The standard InChI is InChI=1S/C15H23N3O3/c1-6-11-15(20)18(13(8(2)3)14(19)17-11)7-12-16-9(4)10(5)21-12/h8,11,13H,6-7H2,1-5H3,(H,17,19). The van der Waals surface area contributed by atoms with Crippen LogP contribution in [0.15, 0.2) is 4.42 Å². The van der Waals surface area contributed by atoms with Crippen molar-refractivity contribution in [1.29, 1.82) is 0 Å². The molecular formula is C15H23N3O3. The lowest BCUT2D eigenvalue weighted by Crippen LogP contribution is -2.64. The molecule has 0 radical (unpaired) electrons. The maximum absolute atomic E-state index is 12.6. The van der Waals surface area contributed by atoms with Gasteiger partial charge in [0.05, 0.1) is 12.2 Å². The van der Waals surface area contributed by atoms with E-state index in [2.05, 4.69) is 10.3 Å². The molecule has 0 saturated carbocycles. The fourth-order valence-corrected chi connectivity index (χ4v) is 2.67. The number of rotatable bonds is 4. The van der Waals surface area contributed by atoms with E-state index in [0.717, 1.165) is 11.5 Å². The predicted molar refractivity (Wildman–Crippen MR) is 77.4 cm³/mol. The highest BCUT2D eigenvalue weighted by molar-refractivity contribution is 5.97. The van der Waals surface area contributed by atoms with Crippen molar-refractivity contribution in [2.75, 3.05) is 0 Å². The minimum absolute atomic E-state index is 0.0314. The van der Waals surface area contributed by atoms with E-state index in [0.29, 0.717) is 12.3 Å². The Balaban J connectivity index is 2.29. The molecule has 2 heterocycles. The molecule has 2 rings (SSSR count). The first-order valence-electron chi connectivity index (χ1n) is 7.38. The highest BCUT2D eigenvalue weighted by Gasteiger charge is 2.41. The van der Waals surface area contributed by atoms with Gasteiger partial charge in [0.15, 0.2) is 0 Å². The summed E-state index contributed by atoms with van der Waals surface area (Å²) in [5.41, 5.74) is 0.812. The average Bonchev–Trinajstić information content (AvgIpc) is 2.71. The van der Waals surface area contributed by atoms with Gasteiger partial charge in [0, 0.05) is 0 Å². The van der Waals surface area contributed by atoms with Crippen molar-refractivity contribution in [1.82, 2.24) is 15.2 Å². The molecule has 6 heteroatoms. The number of carbonyl (C=O) groups excluding carboxylic acids is 2. The molecular weight excluding hydrogens is 270 g/mol. The fraction of sp³-hybridized carbons (Fsp3) is 0.667. The molecule has 0 aliphatic carbocycles. The van der Waals surface area contributed by atoms with Crippen molar-refractivity contribution in [3.05, 3.63) is 17.3 Å². The molecule has 1 fully saturated rings. The minimum Gasteiger partial charge on any atom is -0.444 e. The topological polar surface area (TPSA) is 75.4 Å². The number of carbonyl (C=O) groups is 2. The number of piperazine rings is 1. The Bertz CT molecular complexity index is 531. The Morgan fingerprint density at radius 1 is 1.33 bits per heavy atom. The third-order valence-electron chi connectivity index (χ3n) is 3.92. The predicted octanol–water partition coefficient (Wildman–Crippen LogP) is 1.55. The summed E-state index contributed by atoms with van der Waals surface area (Å²) < 4.78 is 5.56. The van der Waals surface area contributed by atoms with Crippen LogP contribution in [0.2, 0.25) is 0 Å². The van der Waals surface area contributed by atoms with Crippen LogP contribution < -0.4 is 5.32 Å². The van der Waals surface area contributed by atoms with E-state index >= 15 is 0 Å². The lowest BCUT2D eigenvalue weighted by Gasteiger charge is -2.40. The molecule has 0 spiro atoms. The van der Waals surface area contributed by atoms with E-state index in [1.165, 1.54) is 0 Å². The number of hydrogen-bond acceptors (Lipinski definition) is 4. The summed E-state index contributed by atoms with van der Waals surface area (Å²) in [5.74, 6) is 1.09. The molecule has 1 saturated heterocycles. The second-order valence-corrected chi connectivity index (χ2v) is 5.87. The van der Waals surface area contributed by atoms with Gasteiger partial charge in [-0.3, -0.25) is 9.59 Å². The van der Waals surface area contributed by atoms with Crippen LogP contribution in [0.5, 0.6) is 0 Å². The maximum Gasteiger partial charge on any atom is 0.246 e. The molecule has 1 N–H and O–H groups in total. The Hall–Kier alpha value is -1.85. The van der Waals surface area contributed by atoms with Gasteiger partial charge in [-0.2, -0.15) is 0 Å². The van der Waals surface area contributed by atoms with Crippen LogP contribution in [-0.4, -0.2) is 33.8 Å². The van der Waals surface area contributed by atoms with Crippen molar-refractivity contribution in [2.45, 2.75) is 59.7 Å². The Labute approximate surface area is 124 Å². The van der Waals surface area contributed by atoms with Crippen LogP contribution in [0.25, 0.3) is 0 Å². The highest BCUT2D eigenvalue weighted by Crippen LogP contribution is 2.22. The molecule has 116 valence electrons. The molecule has 2 unspecified atom stereocenters. The van der Waals surface area contributed by atoms with Crippen LogP contribution in [-0.2, 0) is 16.1 Å². The van der Waals surface area contributed by atoms with Crippen molar-refractivity contribution >= 4 is 11.8 Å². The largest absolute Gasteiger partial charge is 0.444 e.